The summed E-state index contributed by atoms with van der Waals surface area (Å²) in [5, 5.41) is 3.20. The number of aryl methyl sites for hydroxylation is 1. The normalized spacial score (nSPS) is 19.3. The van der Waals surface area contributed by atoms with Crippen molar-refractivity contribution in [3.63, 3.8) is 0 Å². The van der Waals surface area contributed by atoms with E-state index in [-0.39, 0.29) is 17.6 Å². The molecule has 0 aromatic heterocycles. The molecule has 24 heavy (non-hydrogen) atoms. The van der Waals surface area contributed by atoms with E-state index in [1.165, 1.54) is 16.4 Å². The lowest BCUT2D eigenvalue weighted by Gasteiger charge is -2.35. The largest absolute Gasteiger partial charge is 0.313 e. The lowest BCUT2D eigenvalue weighted by Crippen LogP contribution is -2.48. The first-order chi connectivity index (χ1) is 11.5. The van der Waals surface area contributed by atoms with Gasteiger partial charge in [-0.2, -0.15) is 4.31 Å². The van der Waals surface area contributed by atoms with Crippen molar-refractivity contribution in [1.29, 1.82) is 0 Å². The van der Waals surface area contributed by atoms with Gasteiger partial charge in [0.2, 0.25) is 10.0 Å². The van der Waals surface area contributed by atoms with Crippen molar-refractivity contribution in [2.75, 3.05) is 19.6 Å². The molecule has 1 heterocycles. The fourth-order valence-electron chi connectivity index (χ4n) is 3.11. The van der Waals surface area contributed by atoms with Crippen molar-refractivity contribution < 1.29 is 12.8 Å². The highest BCUT2D eigenvalue weighted by molar-refractivity contribution is 7.88. The van der Waals surface area contributed by atoms with Crippen LogP contribution in [-0.4, -0.2) is 32.4 Å². The highest BCUT2D eigenvalue weighted by Gasteiger charge is 2.33. The summed E-state index contributed by atoms with van der Waals surface area (Å²) in [6.45, 7) is 3.40. The molecule has 3 rings (SSSR count). The van der Waals surface area contributed by atoms with Crippen molar-refractivity contribution in [2.45, 2.75) is 18.7 Å². The third-order valence-corrected chi connectivity index (χ3v) is 6.07. The number of nitrogens with zero attached hydrogens (tertiary/aromatic N) is 1. The van der Waals surface area contributed by atoms with Gasteiger partial charge in [0.15, 0.2) is 0 Å². The molecular weight excluding hydrogens is 327 g/mol. The SMILES string of the molecule is Cc1cccc(CS(=O)(=O)N2CCNCC2c2cccc(F)c2)c1. The molecule has 2 aromatic carbocycles. The zero-order valence-corrected chi connectivity index (χ0v) is 14.4. The Morgan fingerprint density at radius 2 is 2.00 bits per heavy atom. The van der Waals surface area contributed by atoms with Crippen molar-refractivity contribution in [3.8, 4) is 0 Å². The van der Waals surface area contributed by atoms with Gasteiger partial charge in [-0.3, -0.25) is 0 Å². The smallest absolute Gasteiger partial charge is 0.218 e. The van der Waals surface area contributed by atoms with Gasteiger partial charge in [-0.1, -0.05) is 42.0 Å². The molecule has 0 amide bonds. The van der Waals surface area contributed by atoms with Crippen LogP contribution in [0.1, 0.15) is 22.7 Å². The number of hydrogen-bond acceptors (Lipinski definition) is 3. The Bertz CT molecular complexity index is 823. The van der Waals surface area contributed by atoms with Crippen molar-refractivity contribution in [1.82, 2.24) is 9.62 Å². The molecular formula is C18H21FN2O2S. The van der Waals surface area contributed by atoms with Gasteiger partial charge in [0.05, 0.1) is 11.8 Å². The summed E-state index contributed by atoms with van der Waals surface area (Å²) < 4.78 is 40.9. The molecule has 1 fully saturated rings. The van der Waals surface area contributed by atoms with Crippen molar-refractivity contribution in [3.05, 3.63) is 71.0 Å². The Morgan fingerprint density at radius 1 is 1.21 bits per heavy atom. The minimum absolute atomic E-state index is 0.0412. The Labute approximate surface area is 142 Å². The van der Waals surface area contributed by atoms with Crippen LogP contribution < -0.4 is 5.32 Å². The van der Waals surface area contributed by atoms with E-state index in [4.69, 9.17) is 0 Å². The van der Waals surface area contributed by atoms with Crippen LogP contribution in [0, 0.1) is 12.7 Å². The molecule has 1 aliphatic heterocycles. The number of rotatable bonds is 4. The predicted octanol–water partition coefficient (Wildman–Crippen LogP) is 2.61. The number of halogens is 1. The Kier molecular flexibility index (Phi) is 4.99. The minimum atomic E-state index is -3.49. The summed E-state index contributed by atoms with van der Waals surface area (Å²) in [5.74, 6) is -0.394. The van der Waals surface area contributed by atoms with E-state index in [1.54, 1.807) is 12.1 Å². The van der Waals surface area contributed by atoms with Gasteiger partial charge in [0.25, 0.3) is 0 Å². The zero-order valence-electron chi connectivity index (χ0n) is 13.6. The van der Waals surface area contributed by atoms with E-state index in [1.807, 2.05) is 31.2 Å². The molecule has 128 valence electrons. The fraction of sp³-hybridized carbons (Fsp3) is 0.333. The van der Waals surface area contributed by atoms with E-state index in [9.17, 15) is 12.8 Å². The monoisotopic (exact) mass is 348 g/mol. The maximum Gasteiger partial charge on any atom is 0.218 e. The molecule has 2 aromatic rings. The first-order valence-electron chi connectivity index (χ1n) is 7.97. The molecule has 1 aliphatic rings. The molecule has 0 radical (unpaired) electrons. The molecule has 0 saturated carbocycles. The van der Waals surface area contributed by atoms with Gasteiger partial charge in [-0.25, -0.2) is 12.8 Å². The molecule has 6 heteroatoms. The summed E-state index contributed by atoms with van der Waals surface area (Å²) in [4.78, 5) is 0. The van der Waals surface area contributed by atoms with E-state index in [2.05, 4.69) is 5.32 Å². The number of benzene rings is 2. The van der Waals surface area contributed by atoms with Gasteiger partial charge in [0, 0.05) is 19.6 Å². The van der Waals surface area contributed by atoms with Crippen LogP contribution in [-0.2, 0) is 15.8 Å². The number of sulfonamides is 1. The summed E-state index contributed by atoms with van der Waals surface area (Å²) in [5.41, 5.74) is 2.48. The van der Waals surface area contributed by atoms with Gasteiger partial charge in [-0.05, 0) is 30.2 Å². The van der Waals surface area contributed by atoms with Crippen molar-refractivity contribution in [2.24, 2.45) is 0 Å². The molecule has 1 unspecified atom stereocenters. The lowest BCUT2D eigenvalue weighted by molar-refractivity contribution is 0.270. The second kappa shape index (κ2) is 7.01. The zero-order chi connectivity index (χ0) is 17.2. The van der Waals surface area contributed by atoms with Crippen LogP contribution in [0.3, 0.4) is 0 Å². The molecule has 0 bridgehead atoms. The van der Waals surface area contributed by atoms with Crippen LogP contribution in [0.15, 0.2) is 48.5 Å². The predicted molar refractivity (Wildman–Crippen MR) is 92.5 cm³/mol. The maximum atomic E-state index is 13.5. The molecule has 1 atom stereocenters. The first kappa shape index (κ1) is 17.1. The van der Waals surface area contributed by atoms with Gasteiger partial charge in [-0.15, -0.1) is 0 Å². The molecule has 1 saturated heterocycles. The standard InChI is InChI=1S/C18H21FN2O2S/c1-14-4-2-5-15(10-14)13-24(22,23)21-9-8-20-12-18(21)16-6-3-7-17(19)11-16/h2-7,10-11,18,20H,8-9,12-13H2,1H3. The molecule has 4 nitrogen and oxygen atoms in total. The lowest BCUT2D eigenvalue weighted by atomic mass is 10.1. The van der Waals surface area contributed by atoms with Crippen LogP contribution in [0.25, 0.3) is 0 Å². The van der Waals surface area contributed by atoms with E-state index in [0.717, 1.165) is 11.1 Å². The topological polar surface area (TPSA) is 49.4 Å². The number of hydrogen-bond donors (Lipinski definition) is 1. The van der Waals surface area contributed by atoms with Crippen LogP contribution in [0.5, 0.6) is 0 Å². The summed E-state index contributed by atoms with van der Waals surface area (Å²) in [6, 6.07) is 13.3. The van der Waals surface area contributed by atoms with Crippen LogP contribution >= 0.6 is 0 Å². The van der Waals surface area contributed by atoms with E-state index >= 15 is 0 Å². The highest BCUT2D eigenvalue weighted by atomic mass is 32.2. The summed E-state index contributed by atoms with van der Waals surface area (Å²) in [7, 11) is -3.49. The van der Waals surface area contributed by atoms with Crippen LogP contribution in [0.2, 0.25) is 0 Å². The van der Waals surface area contributed by atoms with E-state index < -0.39 is 10.0 Å². The Morgan fingerprint density at radius 3 is 2.75 bits per heavy atom. The van der Waals surface area contributed by atoms with Crippen LogP contribution in [0.4, 0.5) is 4.39 Å². The number of nitrogens with one attached hydrogen (secondary N) is 1. The third kappa shape index (κ3) is 3.83. The highest BCUT2D eigenvalue weighted by Crippen LogP contribution is 2.27. The third-order valence-electron chi connectivity index (χ3n) is 4.22. The molecule has 0 spiro atoms. The average molecular weight is 348 g/mol. The summed E-state index contributed by atoms with van der Waals surface area (Å²) >= 11 is 0. The molecule has 1 N–H and O–H groups in total. The van der Waals surface area contributed by atoms with Gasteiger partial charge >= 0.3 is 0 Å². The number of piperazine rings is 1. The fourth-order valence-corrected chi connectivity index (χ4v) is 4.83. The second-order valence-electron chi connectivity index (χ2n) is 6.13. The molecule has 0 aliphatic carbocycles. The van der Waals surface area contributed by atoms with E-state index in [0.29, 0.717) is 25.2 Å². The average Bonchev–Trinajstić information content (AvgIpc) is 2.54. The second-order valence-corrected chi connectivity index (χ2v) is 8.05. The quantitative estimate of drug-likeness (QED) is 0.924. The van der Waals surface area contributed by atoms with Crippen molar-refractivity contribution >= 4 is 10.0 Å². The first-order valence-corrected chi connectivity index (χ1v) is 9.58. The van der Waals surface area contributed by atoms with Gasteiger partial charge in [0.1, 0.15) is 5.82 Å². The minimum Gasteiger partial charge on any atom is -0.313 e. The Hall–Kier alpha value is -1.76. The maximum absolute atomic E-state index is 13.5. The summed E-state index contributed by atoms with van der Waals surface area (Å²) in [6.07, 6.45) is 0. The van der Waals surface area contributed by atoms with Gasteiger partial charge < -0.3 is 5.32 Å². The Balaban J connectivity index is 1.89.